The molecule has 0 heterocycles. The van der Waals surface area contributed by atoms with Crippen LogP contribution in [0.1, 0.15) is 24.8 Å². The number of halogens is 1. The van der Waals surface area contributed by atoms with Crippen LogP contribution in [-0.4, -0.2) is 30.3 Å². The molecule has 126 valence electrons. The Morgan fingerprint density at radius 1 is 1.12 bits per heavy atom. The maximum absolute atomic E-state index is 13.1. The molecule has 0 bridgehead atoms. The van der Waals surface area contributed by atoms with Gasteiger partial charge in [0.05, 0.1) is 6.54 Å². The summed E-state index contributed by atoms with van der Waals surface area (Å²) in [7, 11) is 1.59. The minimum Gasteiger partial charge on any atom is -0.336 e. The number of likely N-dealkylation sites (N-methyl/N-ethyl adjacent to an activating group) is 1. The first-order chi connectivity index (χ1) is 11.5. The van der Waals surface area contributed by atoms with Gasteiger partial charge >= 0.3 is 0 Å². The van der Waals surface area contributed by atoms with Crippen LogP contribution < -0.4 is 5.32 Å². The first kappa shape index (κ1) is 17.7. The summed E-state index contributed by atoms with van der Waals surface area (Å²) in [4.78, 5) is 25.6. The van der Waals surface area contributed by atoms with Crippen LogP contribution in [0, 0.1) is 5.82 Å². The highest BCUT2D eigenvalue weighted by atomic mass is 19.1. The van der Waals surface area contributed by atoms with Gasteiger partial charge in [-0.3, -0.25) is 9.59 Å². The normalized spacial score (nSPS) is 11.6. The third kappa shape index (κ3) is 5.19. The summed E-state index contributed by atoms with van der Waals surface area (Å²) in [6, 6.07) is 15.4. The van der Waals surface area contributed by atoms with Gasteiger partial charge in [-0.2, -0.15) is 0 Å². The number of nitrogens with zero attached hydrogens (tertiary/aromatic N) is 1. The number of hydrogen-bond acceptors (Lipinski definition) is 2. The monoisotopic (exact) mass is 328 g/mol. The van der Waals surface area contributed by atoms with Crippen LogP contribution in [0.2, 0.25) is 0 Å². The molecule has 0 radical (unpaired) electrons. The number of amides is 2. The fourth-order valence-corrected chi connectivity index (χ4v) is 2.39. The zero-order chi connectivity index (χ0) is 17.5. The molecule has 2 aromatic rings. The Hall–Kier alpha value is -2.69. The second-order valence-corrected chi connectivity index (χ2v) is 5.82. The second-order valence-electron chi connectivity index (χ2n) is 5.82. The zero-order valence-electron chi connectivity index (χ0n) is 13.8. The van der Waals surface area contributed by atoms with E-state index in [-0.39, 0.29) is 24.3 Å². The molecule has 1 atom stereocenters. The van der Waals surface area contributed by atoms with Crippen LogP contribution >= 0.6 is 0 Å². The molecular weight excluding hydrogens is 307 g/mol. The lowest BCUT2D eigenvalue weighted by Gasteiger charge is -2.19. The molecule has 1 N–H and O–H groups in total. The van der Waals surface area contributed by atoms with Crippen molar-refractivity contribution < 1.29 is 14.0 Å². The number of carbonyl (C=O) groups is 2. The summed E-state index contributed by atoms with van der Waals surface area (Å²) in [6.07, 6.45) is 0.327. The third-order valence-corrected chi connectivity index (χ3v) is 3.76. The van der Waals surface area contributed by atoms with Gasteiger partial charge in [-0.25, -0.2) is 4.39 Å². The van der Waals surface area contributed by atoms with E-state index >= 15 is 0 Å². The molecule has 0 saturated heterocycles. The summed E-state index contributed by atoms with van der Waals surface area (Å²) in [5, 5.41) is 2.58. The highest BCUT2D eigenvalue weighted by molar-refractivity contribution is 5.94. The van der Waals surface area contributed by atoms with Gasteiger partial charge in [0.2, 0.25) is 11.8 Å². The van der Waals surface area contributed by atoms with Crippen LogP contribution in [0.3, 0.4) is 0 Å². The van der Waals surface area contributed by atoms with Crippen molar-refractivity contribution in [1.29, 1.82) is 0 Å². The van der Waals surface area contributed by atoms with Gasteiger partial charge in [0.1, 0.15) is 5.82 Å². The molecule has 24 heavy (non-hydrogen) atoms. The standard InChI is InChI=1S/C19H21FN2O2/c1-14(15-7-4-3-5-8-15)11-19(24)22(2)13-18(23)21-17-10-6-9-16(20)12-17/h3-10,12,14H,11,13H2,1-2H3,(H,21,23)/t14-/m1/s1. The van der Waals surface area contributed by atoms with E-state index in [1.54, 1.807) is 13.1 Å². The number of anilines is 1. The van der Waals surface area contributed by atoms with E-state index in [0.717, 1.165) is 5.56 Å². The van der Waals surface area contributed by atoms with Crippen LogP contribution in [0.15, 0.2) is 54.6 Å². The van der Waals surface area contributed by atoms with Crippen molar-refractivity contribution in [1.82, 2.24) is 4.90 Å². The Bertz CT molecular complexity index is 704. The van der Waals surface area contributed by atoms with Crippen molar-refractivity contribution in [2.75, 3.05) is 18.9 Å². The van der Waals surface area contributed by atoms with Crippen molar-refractivity contribution in [3.8, 4) is 0 Å². The first-order valence-corrected chi connectivity index (χ1v) is 7.80. The maximum atomic E-state index is 13.1. The lowest BCUT2D eigenvalue weighted by molar-refractivity contribution is -0.133. The Morgan fingerprint density at radius 2 is 1.83 bits per heavy atom. The molecule has 5 heteroatoms. The molecule has 4 nitrogen and oxygen atoms in total. The number of hydrogen-bond donors (Lipinski definition) is 1. The van der Waals surface area contributed by atoms with E-state index in [2.05, 4.69) is 5.32 Å². The molecule has 0 unspecified atom stereocenters. The highest BCUT2D eigenvalue weighted by Gasteiger charge is 2.17. The average molecular weight is 328 g/mol. The minimum atomic E-state index is -0.422. The lowest BCUT2D eigenvalue weighted by Crippen LogP contribution is -2.35. The molecule has 0 fully saturated rings. The topological polar surface area (TPSA) is 49.4 Å². The molecule has 0 aliphatic heterocycles. The molecule has 2 aromatic carbocycles. The smallest absolute Gasteiger partial charge is 0.243 e. The van der Waals surface area contributed by atoms with Crippen LogP contribution in [0.25, 0.3) is 0 Å². The van der Waals surface area contributed by atoms with Crippen molar-refractivity contribution >= 4 is 17.5 Å². The molecule has 2 amide bonds. The predicted octanol–water partition coefficient (Wildman–Crippen LogP) is 3.42. The van der Waals surface area contributed by atoms with Crippen LogP contribution in [0.5, 0.6) is 0 Å². The average Bonchev–Trinajstić information content (AvgIpc) is 2.55. The SMILES string of the molecule is C[C@H](CC(=O)N(C)CC(=O)Nc1cccc(F)c1)c1ccccc1. The number of rotatable bonds is 6. The highest BCUT2D eigenvalue weighted by Crippen LogP contribution is 2.19. The Labute approximate surface area is 141 Å². The summed E-state index contributed by atoms with van der Waals surface area (Å²) in [5.74, 6) is -0.814. The minimum absolute atomic E-state index is 0.0726. The van der Waals surface area contributed by atoms with Crippen molar-refractivity contribution in [2.24, 2.45) is 0 Å². The van der Waals surface area contributed by atoms with E-state index < -0.39 is 5.82 Å². The molecular formula is C19H21FN2O2. The Balaban J connectivity index is 1.85. The van der Waals surface area contributed by atoms with Gasteiger partial charge in [-0.05, 0) is 29.7 Å². The molecule has 0 aliphatic rings. The summed E-state index contributed by atoms with van der Waals surface area (Å²) < 4.78 is 13.1. The molecule has 2 rings (SSSR count). The van der Waals surface area contributed by atoms with Gasteiger partial charge in [-0.15, -0.1) is 0 Å². The Kier molecular flexibility index (Phi) is 6.07. The lowest BCUT2D eigenvalue weighted by atomic mass is 9.97. The van der Waals surface area contributed by atoms with Gasteiger partial charge < -0.3 is 10.2 Å². The second kappa shape index (κ2) is 8.24. The fourth-order valence-electron chi connectivity index (χ4n) is 2.39. The van der Waals surface area contributed by atoms with Crippen LogP contribution in [-0.2, 0) is 9.59 Å². The predicted molar refractivity (Wildman–Crippen MR) is 92.1 cm³/mol. The summed E-state index contributed by atoms with van der Waals surface area (Å²) in [6.45, 7) is 1.91. The van der Waals surface area contributed by atoms with E-state index in [0.29, 0.717) is 12.1 Å². The zero-order valence-corrected chi connectivity index (χ0v) is 13.8. The van der Waals surface area contributed by atoms with Crippen molar-refractivity contribution in [2.45, 2.75) is 19.3 Å². The summed E-state index contributed by atoms with van der Waals surface area (Å²) in [5.41, 5.74) is 1.46. The Morgan fingerprint density at radius 3 is 2.50 bits per heavy atom. The van der Waals surface area contributed by atoms with Gasteiger partial charge in [-0.1, -0.05) is 43.3 Å². The van der Waals surface area contributed by atoms with E-state index in [9.17, 15) is 14.0 Å². The van der Waals surface area contributed by atoms with Crippen molar-refractivity contribution in [3.63, 3.8) is 0 Å². The number of benzene rings is 2. The van der Waals surface area contributed by atoms with E-state index in [1.807, 2.05) is 37.3 Å². The van der Waals surface area contributed by atoms with Gasteiger partial charge in [0.25, 0.3) is 0 Å². The van der Waals surface area contributed by atoms with E-state index in [1.165, 1.54) is 23.1 Å². The third-order valence-electron chi connectivity index (χ3n) is 3.76. The maximum Gasteiger partial charge on any atom is 0.243 e. The number of carbonyl (C=O) groups excluding carboxylic acids is 2. The molecule has 0 spiro atoms. The number of nitrogens with one attached hydrogen (secondary N) is 1. The van der Waals surface area contributed by atoms with Gasteiger partial charge in [0.15, 0.2) is 0 Å². The molecule has 0 aliphatic carbocycles. The largest absolute Gasteiger partial charge is 0.336 e. The van der Waals surface area contributed by atoms with E-state index in [4.69, 9.17) is 0 Å². The quantitative estimate of drug-likeness (QED) is 0.883. The van der Waals surface area contributed by atoms with Crippen LogP contribution in [0.4, 0.5) is 10.1 Å². The van der Waals surface area contributed by atoms with Gasteiger partial charge in [0, 0.05) is 19.2 Å². The molecule has 0 aromatic heterocycles. The molecule has 0 saturated carbocycles. The summed E-state index contributed by atoms with van der Waals surface area (Å²) >= 11 is 0. The first-order valence-electron chi connectivity index (χ1n) is 7.80. The fraction of sp³-hybridized carbons (Fsp3) is 0.263. The van der Waals surface area contributed by atoms with Crippen molar-refractivity contribution in [3.05, 3.63) is 66.0 Å².